The molecular formula is C54H77ClN3O13S4+. The van der Waals surface area contributed by atoms with Crippen molar-refractivity contribution in [2.24, 2.45) is 0 Å². The molecule has 0 aromatic heterocycles. The van der Waals surface area contributed by atoms with Crippen LogP contribution in [0, 0.1) is 0 Å². The number of allylic oxidation sites excluding steroid dienone is 8. The predicted molar refractivity (Wildman–Crippen MR) is 303 cm³/mol. The Morgan fingerprint density at radius 2 is 1.33 bits per heavy atom. The van der Waals surface area contributed by atoms with Crippen molar-refractivity contribution >= 4 is 91.4 Å². The largest absolute Gasteiger partial charge is 0.371 e. The van der Waals surface area contributed by atoms with E-state index < -0.39 is 68.6 Å². The molecule has 16 nitrogen and oxygen atoms in total. The van der Waals surface area contributed by atoms with Gasteiger partial charge in [0.1, 0.15) is 12.3 Å². The molecule has 0 bridgehead atoms. The van der Waals surface area contributed by atoms with Crippen molar-refractivity contribution in [2.45, 2.75) is 142 Å². The Balaban J connectivity index is 0.00000297. The molecule has 3 aromatic carbocycles. The average molecular weight is 1140 g/mol. The number of ketones is 1. The van der Waals surface area contributed by atoms with E-state index in [2.05, 4.69) is 30.6 Å². The van der Waals surface area contributed by atoms with Gasteiger partial charge in [-0.2, -0.15) is 38.2 Å². The quantitative estimate of drug-likeness (QED) is 0.0392. The van der Waals surface area contributed by atoms with Gasteiger partial charge in [-0.05, 0) is 142 Å². The van der Waals surface area contributed by atoms with E-state index in [4.69, 9.17) is 11.6 Å². The number of halogens is 1. The summed E-state index contributed by atoms with van der Waals surface area (Å²) in [5.41, 5.74) is 6.68. The molecule has 2 heterocycles. The van der Waals surface area contributed by atoms with Crippen molar-refractivity contribution in [2.75, 3.05) is 53.2 Å². The molecule has 6 rings (SSSR count). The summed E-state index contributed by atoms with van der Waals surface area (Å²) in [6, 6.07) is 14.1. The van der Waals surface area contributed by atoms with Gasteiger partial charge in [0.15, 0.2) is 5.71 Å². The molecule has 0 unspecified atom stereocenters. The Hall–Kier alpha value is -4.25. The lowest BCUT2D eigenvalue weighted by Gasteiger charge is -2.27. The number of Topliss-reactive ketones (excluding diaryl/α,β-unsaturated/α-hetero) is 1. The molecule has 3 aliphatic rings. The van der Waals surface area contributed by atoms with Crippen LogP contribution in [0.1, 0.15) is 138 Å². The number of carbonyl (C=O) groups is 1. The van der Waals surface area contributed by atoms with Gasteiger partial charge in [-0.25, -0.2) is 0 Å². The summed E-state index contributed by atoms with van der Waals surface area (Å²) in [4.78, 5) is 15.3. The van der Waals surface area contributed by atoms with Crippen molar-refractivity contribution in [3.05, 3.63) is 106 Å². The van der Waals surface area contributed by atoms with Crippen LogP contribution >= 0.6 is 11.6 Å². The van der Waals surface area contributed by atoms with Crippen LogP contribution in [0.3, 0.4) is 0 Å². The second-order valence-corrected chi connectivity index (χ2v) is 26.2. The van der Waals surface area contributed by atoms with E-state index in [1.165, 1.54) is 12.1 Å². The Bertz CT molecular complexity index is 3160. The summed E-state index contributed by atoms with van der Waals surface area (Å²) >= 11 is 7.31. The minimum atomic E-state index is -4.42. The molecule has 0 fully saturated rings. The number of benzene rings is 3. The number of hydrogen-bond acceptors (Lipinski definition) is 11. The molecule has 416 valence electrons. The highest BCUT2D eigenvalue weighted by atomic mass is 35.5. The zero-order valence-corrected chi connectivity index (χ0v) is 48.8. The molecule has 3 aromatic rings. The minimum absolute atomic E-state index is 0.0448. The molecular weight excluding hydrogens is 1060 g/mol. The zero-order valence-electron chi connectivity index (χ0n) is 44.8. The highest BCUT2D eigenvalue weighted by Gasteiger charge is 2.46. The minimum Gasteiger partial charge on any atom is -0.371 e. The average Bonchev–Trinajstić information content (AvgIpc) is 3.67. The first-order valence-corrected chi connectivity index (χ1v) is 32.3. The van der Waals surface area contributed by atoms with E-state index in [9.17, 15) is 56.7 Å². The SMILES string of the molecule is CC.CC.CC(=O)CCCCC[N+]1=C(/C=C/C2=C(Cl)C(=C/C=C3/N(CCCS(=O)(=O)O)c4ccc(N(CCCS(=O)(=O)O)CCCS(=O)(=O)O)cc4C3(C)C)/CCC2)C(C)(C)c2c1ccc1cc(S(=O)(=O)O)ccc21. The molecule has 0 radical (unpaired) electrons. The van der Waals surface area contributed by atoms with Crippen molar-refractivity contribution in [3.63, 3.8) is 0 Å². The number of unbranched alkanes of at least 4 members (excludes halogenated alkanes) is 2. The second-order valence-electron chi connectivity index (χ2n) is 19.6. The number of hydrogen-bond donors (Lipinski definition) is 4. The van der Waals surface area contributed by atoms with Gasteiger partial charge in [0.25, 0.3) is 40.5 Å². The standard InChI is InChI=1S/C50H64ClN3O13S4.2C2H6/c1-35(55)13-7-6-8-28-54-44-22-16-38-33-40(71(65,66)67)20-21-41(38)47(44)50(4,5)46(54)25-18-37-15-9-14-36(48(37)51)17-24-45-49(2,3)42-34-39(19-23-43(42)53(45)29-12-32-70(62,63)64)52(26-10-30-68(56,57)58)27-11-31-69(59,60)61;2*1-2/h16-25,33-34H,6-15,26-32H2,1-5H3,(H3-,56,57,58,59,60,61,62,63,64,65,66,67);2*1-2H3/p+1. The highest BCUT2D eigenvalue weighted by molar-refractivity contribution is 7.86. The van der Waals surface area contributed by atoms with Crippen LogP contribution in [0.15, 0.2) is 99.6 Å². The van der Waals surface area contributed by atoms with Crippen molar-refractivity contribution in [3.8, 4) is 0 Å². The summed E-state index contributed by atoms with van der Waals surface area (Å²) in [7, 11) is -17.2. The van der Waals surface area contributed by atoms with Crippen LogP contribution in [-0.4, -0.2) is 111 Å². The van der Waals surface area contributed by atoms with Gasteiger partial charge in [0.2, 0.25) is 5.69 Å². The van der Waals surface area contributed by atoms with Gasteiger partial charge in [0.05, 0.1) is 27.6 Å². The Labute approximate surface area is 451 Å². The predicted octanol–water partition coefficient (Wildman–Crippen LogP) is 11.1. The zero-order chi connectivity index (χ0) is 56.3. The molecule has 0 spiro atoms. The Morgan fingerprint density at radius 3 is 1.92 bits per heavy atom. The monoisotopic (exact) mass is 1140 g/mol. The fourth-order valence-corrected chi connectivity index (χ4v) is 12.4. The number of rotatable bonds is 23. The van der Waals surface area contributed by atoms with Gasteiger partial charge in [-0.15, -0.1) is 0 Å². The summed E-state index contributed by atoms with van der Waals surface area (Å²) in [6.07, 6.45) is 13.5. The third kappa shape index (κ3) is 16.9. The summed E-state index contributed by atoms with van der Waals surface area (Å²) in [5, 5.41) is 2.13. The first-order valence-electron chi connectivity index (χ1n) is 25.7. The Morgan fingerprint density at radius 1 is 0.720 bits per heavy atom. The normalized spacial score (nSPS) is 17.5. The third-order valence-corrected chi connectivity index (χ3v) is 17.3. The van der Waals surface area contributed by atoms with Crippen LogP contribution < -0.4 is 9.80 Å². The van der Waals surface area contributed by atoms with Crippen LogP contribution in [0.5, 0.6) is 0 Å². The second kappa shape index (κ2) is 26.4. The van der Waals surface area contributed by atoms with Crippen LogP contribution in [0.2, 0.25) is 0 Å². The highest BCUT2D eigenvalue weighted by Crippen LogP contribution is 2.50. The van der Waals surface area contributed by atoms with E-state index in [1.54, 1.807) is 24.0 Å². The van der Waals surface area contributed by atoms with Gasteiger partial charge < -0.3 is 14.6 Å². The molecule has 0 atom stereocenters. The number of nitrogens with zero attached hydrogens (tertiary/aromatic N) is 3. The van der Waals surface area contributed by atoms with E-state index in [1.807, 2.05) is 82.9 Å². The molecule has 1 aliphatic carbocycles. The Kier molecular flexibility index (Phi) is 22.3. The van der Waals surface area contributed by atoms with Crippen molar-refractivity contribution < 1.29 is 61.3 Å². The fourth-order valence-electron chi connectivity index (χ4n) is 10.1. The van der Waals surface area contributed by atoms with Crippen LogP contribution in [-0.2, 0) is 56.1 Å². The summed E-state index contributed by atoms with van der Waals surface area (Å²) in [6.45, 7) is 19.1. The first kappa shape index (κ1) is 63.3. The lowest BCUT2D eigenvalue weighted by Crippen LogP contribution is -2.29. The molecule has 0 saturated carbocycles. The molecule has 0 amide bonds. The smallest absolute Gasteiger partial charge is 0.294 e. The molecule has 75 heavy (non-hydrogen) atoms. The van der Waals surface area contributed by atoms with E-state index in [-0.39, 0.29) is 49.6 Å². The number of carbonyl (C=O) groups excluding carboxylic acids is 1. The van der Waals surface area contributed by atoms with Crippen molar-refractivity contribution in [1.29, 1.82) is 0 Å². The van der Waals surface area contributed by atoms with E-state index >= 15 is 0 Å². The maximum atomic E-state index is 12.1. The maximum absolute atomic E-state index is 12.1. The third-order valence-electron chi connectivity index (χ3n) is 13.6. The van der Waals surface area contributed by atoms with E-state index in [0.717, 1.165) is 76.1 Å². The number of fused-ring (bicyclic) bond motifs is 4. The van der Waals surface area contributed by atoms with Gasteiger partial charge in [-0.1, -0.05) is 71.4 Å². The number of anilines is 2. The lowest BCUT2D eigenvalue weighted by molar-refractivity contribution is -0.438. The lowest BCUT2D eigenvalue weighted by atomic mass is 9.78. The van der Waals surface area contributed by atoms with Crippen LogP contribution in [0.25, 0.3) is 10.8 Å². The molecule has 4 N–H and O–H groups in total. The summed E-state index contributed by atoms with van der Waals surface area (Å²) < 4.78 is 135. The van der Waals surface area contributed by atoms with Crippen LogP contribution in [0.4, 0.5) is 17.1 Å². The molecule has 0 saturated heterocycles. The maximum Gasteiger partial charge on any atom is 0.294 e. The van der Waals surface area contributed by atoms with Crippen molar-refractivity contribution in [1.82, 2.24) is 0 Å². The first-order chi connectivity index (χ1) is 35.0. The summed E-state index contributed by atoms with van der Waals surface area (Å²) in [5.74, 6) is -1.33. The van der Waals surface area contributed by atoms with E-state index in [0.29, 0.717) is 41.9 Å². The molecule has 21 heteroatoms. The van der Waals surface area contributed by atoms with Gasteiger partial charge >= 0.3 is 0 Å². The topological polar surface area (TPSA) is 244 Å². The van der Waals surface area contributed by atoms with Gasteiger partial charge in [-0.3, -0.25) is 18.2 Å². The molecule has 2 aliphatic heterocycles. The van der Waals surface area contributed by atoms with Gasteiger partial charge in [0, 0.05) is 77.7 Å². The fraction of sp³-hybridized carbons (Fsp3) is 0.519.